The molecule has 0 bridgehead atoms. The normalized spacial score (nSPS) is 16.6. The number of Topliss-reactive ketones (excluding diaryl/α,β-unsaturated/α-hetero) is 1. The second kappa shape index (κ2) is 10.1. The molecule has 194 valence electrons. The van der Waals surface area contributed by atoms with Gasteiger partial charge in [-0.25, -0.2) is 4.98 Å². The third-order valence-corrected chi connectivity index (χ3v) is 7.30. The molecule has 0 aliphatic carbocycles. The van der Waals surface area contributed by atoms with Crippen LogP contribution in [0.5, 0.6) is 23.0 Å². The Hall–Kier alpha value is -4.57. The van der Waals surface area contributed by atoms with Crippen molar-refractivity contribution in [2.75, 3.05) is 33.3 Å². The van der Waals surface area contributed by atoms with E-state index in [9.17, 15) is 14.7 Å². The Morgan fingerprint density at radius 3 is 2.18 bits per heavy atom. The Balaban J connectivity index is 1.77. The summed E-state index contributed by atoms with van der Waals surface area (Å²) >= 11 is 1.24. The highest BCUT2D eigenvalue weighted by molar-refractivity contribution is 7.22. The molecule has 5 rings (SSSR count). The molecule has 1 aromatic heterocycles. The van der Waals surface area contributed by atoms with Crippen LogP contribution < -0.4 is 23.8 Å². The highest BCUT2D eigenvalue weighted by Gasteiger charge is 2.48. The van der Waals surface area contributed by atoms with Crippen LogP contribution in [0.3, 0.4) is 0 Å². The maximum atomic E-state index is 13.6. The first-order valence-corrected chi connectivity index (χ1v) is 12.3. The molecule has 1 atom stereocenters. The molecule has 0 saturated carbocycles. The van der Waals surface area contributed by atoms with E-state index >= 15 is 0 Å². The molecule has 1 aliphatic rings. The highest BCUT2D eigenvalue weighted by atomic mass is 32.1. The molecule has 1 N–H and O–H groups in total. The van der Waals surface area contributed by atoms with Crippen LogP contribution in [0.2, 0.25) is 0 Å². The zero-order valence-corrected chi connectivity index (χ0v) is 21.9. The molecule has 4 aromatic rings. The quantitative estimate of drug-likeness (QED) is 0.202. The number of ketones is 1. The van der Waals surface area contributed by atoms with Crippen LogP contribution >= 0.6 is 11.3 Å². The molecular weight excluding hydrogens is 508 g/mol. The van der Waals surface area contributed by atoms with Crippen molar-refractivity contribution in [3.05, 3.63) is 77.4 Å². The predicted octanol–water partition coefficient (Wildman–Crippen LogP) is 4.96. The highest BCUT2D eigenvalue weighted by Crippen LogP contribution is 2.48. The fourth-order valence-corrected chi connectivity index (χ4v) is 5.50. The number of carbonyl (C=O) groups is 2. The summed E-state index contributed by atoms with van der Waals surface area (Å²) in [5.41, 5.74) is 1.43. The van der Waals surface area contributed by atoms with Crippen molar-refractivity contribution >= 4 is 44.1 Å². The zero-order chi connectivity index (χ0) is 27.0. The number of nitrogens with zero attached hydrogens (tertiary/aromatic N) is 2. The number of hydrogen-bond donors (Lipinski definition) is 1. The van der Waals surface area contributed by atoms with Crippen LogP contribution in [0, 0.1) is 0 Å². The molecule has 0 spiro atoms. The minimum Gasteiger partial charge on any atom is -0.507 e. The number of aromatic nitrogens is 1. The standard InChI is InChI=1S/C28H24N2O7S/c1-34-17-10-11-18-21(14-17)38-28(29-18)30-23(16-12-19(35-2)26(37-4)20(13-16)36-3)22(25(32)27(30)33)24(31)15-8-6-5-7-9-15/h5-14,23,31H,1-4H3/t23-/m0/s1. The monoisotopic (exact) mass is 532 g/mol. The first kappa shape index (κ1) is 25.1. The molecule has 1 amide bonds. The summed E-state index contributed by atoms with van der Waals surface area (Å²) in [4.78, 5) is 33.0. The second-order valence-corrected chi connectivity index (χ2v) is 9.33. The van der Waals surface area contributed by atoms with Gasteiger partial charge in [-0.15, -0.1) is 0 Å². The van der Waals surface area contributed by atoms with Crippen LogP contribution in [0.1, 0.15) is 17.2 Å². The van der Waals surface area contributed by atoms with E-state index in [1.54, 1.807) is 61.7 Å². The molecule has 3 aromatic carbocycles. The Morgan fingerprint density at radius 2 is 1.58 bits per heavy atom. The summed E-state index contributed by atoms with van der Waals surface area (Å²) in [6.45, 7) is 0. The molecule has 1 fully saturated rings. The van der Waals surface area contributed by atoms with Crippen LogP contribution in [0.25, 0.3) is 16.0 Å². The summed E-state index contributed by atoms with van der Waals surface area (Å²) in [5, 5.41) is 11.6. The average Bonchev–Trinajstić information content (AvgIpc) is 3.49. The van der Waals surface area contributed by atoms with Gasteiger partial charge in [-0.1, -0.05) is 41.7 Å². The van der Waals surface area contributed by atoms with Gasteiger partial charge in [-0.2, -0.15) is 0 Å². The Kier molecular flexibility index (Phi) is 6.64. The van der Waals surface area contributed by atoms with E-state index < -0.39 is 17.7 Å². The maximum absolute atomic E-state index is 13.6. The van der Waals surface area contributed by atoms with E-state index in [1.165, 1.54) is 37.6 Å². The van der Waals surface area contributed by atoms with Crippen molar-refractivity contribution in [1.29, 1.82) is 0 Å². The van der Waals surface area contributed by atoms with Crippen LogP contribution in [0.15, 0.2) is 66.2 Å². The number of amides is 1. The number of benzene rings is 3. The lowest BCUT2D eigenvalue weighted by Crippen LogP contribution is -2.29. The van der Waals surface area contributed by atoms with Crippen LogP contribution in [-0.4, -0.2) is 50.2 Å². The van der Waals surface area contributed by atoms with Gasteiger partial charge in [0.2, 0.25) is 5.75 Å². The smallest absolute Gasteiger partial charge is 0.301 e. The van der Waals surface area contributed by atoms with Crippen molar-refractivity contribution < 1.29 is 33.6 Å². The summed E-state index contributed by atoms with van der Waals surface area (Å²) < 4.78 is 22.6. The SMILES string of the molecule is COc1ccc2nc(N3C(=O)C(=O)C(=C(O)c4ccccc4)[C@@H]3c3cc(OC)c(OC)c(OC)c3)sc2c1. The molecule has 1 aliphatic heterocycles. The van der Waals surface area contributed by atoms with E-state index in [2.05, 4.69) is 4.98 Å². The van der Waals surface area contributed by atoms with Crippen molar-refractivity contribution in [2.24, 2.45) is 0 Å². The number of hydrogen-bond acceptors (Lipinski definition) is 9. The Labute approximate surface area is 222 Å². The van der Waals surface area contributed by atoms with Gasteiger partial charge >= 0.3 is 5.91 Å². The third kappa shape index (κ3) is 4.08. The van der Waals surface area contributed by atoms with Gasteiger partial charge < -0.3 is 24.1 Å². The summed E-state index contributed by atoms with van der Waals surface area (Å²) in [7, 11) is 6.00. The first-order chi connectivity index (χ1) is 18.4. The number of anilines is 1. The van der Waals surface area contributed by atoms with Crippen molar-refractivity contribution in [1.82, 2.24) is 4.98 Å². The number of methoxy groups -OCH3 is 4. The lowest BCUT2D eigenvalue weighted by molar-refractivity contribution is -0.132. The number of aliphatic hydroxyl groups excluding tert-OH is 1. The summed E-state index contributed by atoms with van der Waals surface area (Å²) in [5.74, 6) is -0.282. The van der Waals surface area contributed by atoms with Crippen LogP contribution in [-0.2, 0) is 9.59 Å². The van der Waals surface area contributed by atoms with Crippen LogP contribution in [0.4, 0.5) is 5.13 Å². The third-order valence-electron chi connectivity index (χ3n) is 6.28. The maximum Gasteiger partial charge on any atom is 0.301 e. The van der Waals surface area contributed by atoms with Gasteiger partial charge in [0.1, 0.15) is 11.5 Å². The van der Waals surface area contributed by atoms with Crippen molar-refractivity contribution in [2.45, 2.75) is 6.04 Å². The molecule has 0 unspecified atom stereocenters. The molecular formula is C28H24N2O7S. The topological polar surface area (TPSA) is 107 Å². The number of carbonyl (C=O) groups excluding carboxylic acids is 2. The minimum absolute atomic E-state index is 0.0766. The molecule has 0 radical (unpaired) electrons. The van der Waals surface area contributed by atoms with E-state index in [0.29, 0.717) is 44.8 Å². The van der Waals surface area contributed by atoms with Gasteiger partial charge in [0.25, 0.3) is 5.78 Å². The number of ether oxygens (including phenoxy) is 4. The van der Waals surface area contributed by atoms with Gasteiger partial charge in [-0.3, -0.25) is 14.5 Å². The summed E-state index contributed by atoms with van der Waals surface area (Å²) in [6, 6.07) is 16.2. The number of aliphatic hydroxyl groups is 1. The van der Waals surface area contributed by atoms with Crippen molar-refractivity contribution in [3.8, 4) is 23.0 Å². The first-order valence-electron chi connectivity index (χ1n) is 11.5. The van der Waals surface area contributed by atoms with Gasteiger partial charge in [0.15, 0.2) is 16.6 Å². The predicted molar refractivity (Wildman–Crippen MR) is 143 cm³/mol. The average molecular weight is 533 g/mol. The Bertz CT molecular complexity index is 1550. The van der Waals surface area contributed by atoms with E-state index in [0.717, 1.165) is 4.70 Å². The lowest BCUT2D eigenvalue weighted by atomic mass is 9.95. The fraction of sp³-hybridized carbons (Fsp3) is 0.179. The largest absolute Gasteiger partial charge is 0.507 e. The number of thiazole rings is 1. The summed E-state index contributed by atoms with van der Waals surface area (Å²) in [6.07, 6.45) is 0. The van der Waals surface area contributed by atoms with E-state index in [1.807, 2.05) is 6.07 Å². The molecule has 2 heterocycles. The van der Waals surface area contributed by atoms with Gasteiger partial charge in [0.05, 0.1) is 50.3 Å². The van der Waals surface area contributed by atoms with Crippen molar-refractivity contribution in [3.63, 3.8) is 0 Å². The number of fused-ring (bicyclic) bond motifs is 1. The van der Waals surface area contributed by atoms with Gasteiger partial charge in [-0.05, 0) is 35.9 Å². The molecule has 9 nitrogen and oxygen atoms in total. The molecule has 1 saturated heterocycles. The fourth-order valence-electron chi connectivity index (χ4n) is 4.48. The van der Waals surface area contributed by atoms with Gasteiger partial charge in [0, 0.05) is 5.56 Å². The minimum atomic E-state index is -1.02. The molecule has 10 heteroatoms. The number of rotatable bonds is 7. The van der Waals surface area contributed by atoms with E-state index in [-0.39, 0.29) is 11.3 Å². The Morgan fingerprint density at radius 1 is 0.895 bits per heavy atom. The zero-order valence-electron chi connectivity index (χ0n) is 21.1. The molecule has 38 heavy (non-hydrogen) atoms. The second-order valence-electron chi connectivity index (χ2n) is 8.32. The van der Waals surface area contributed by atoms with E-state index in [4.69, 9.17) is 18.9 Å². The lowest BCUT2D eigenvalue weighted by Gasteiger charge is -2.24.